The van der Waals surface area contributed by atoms with Gasteiger partial charge in [-0.15, -0.1) is 0 Å². The molecule has 1 heteroatoms. The Kier molecular flexibility index (Phi) is 2.87. The number of rotatable bonds is 3. The summed E-state index contributed by atoms with van der Waals surface area (Å²) < 4.78 is 0. The molecule has 15 heavy (non-hydrogen) atoms. The molecule has 3 atom stereocenters. The summed E-state index contributed by atoms with van der Waals surface area (Å²) in [5, 5.41) is 3.52. The monoisotopic (exact) mass is 209 g/mol. The lowest BCUT2D eigenvalue weighted by molar-refractivity contribution is 0.107. The van der Waals surface area contributed by atoms with Crippen molar-refractivity contribution >= 4 is 0 Å². The van der Waals surface area contributed by atoms with Gasteiger partial charge in [-0.25, -0.2) is 0 Å². The quantitative estimate of drug-likeness (QED) is 0.750. The van der Waals surface area contributed by atoms with E-state index in [0.717, 1.165) is 23.8 Å². The van der Waals surface area contributed by atoms with Gasteiger partial charge in [0.05, 0.1) is 0 Å². The molecule has 0 radical (unpaired) electrons. The number of hydrogen-bond donors (Lipinski definition) is 1. The molecule has 1 N–H and O–H groups in total. The van der Waals surface area contributed by atoms with Crippen LogP contribution >= 0.6 is 0 Å². The zero-order valence-electron chi connectivity index (χ0n) is 10.9. The van der Waals surface area contributed by atoms with Gasteiger partial charge in [-0.3, -0.25) is 0 Å². The van der Waals surface area contributed by atoms with E-state index in [9.17, 15) is 0 Å². The van der Waals surface area contributed by atoms with Crippen LogP contribution in [0.5, 0.6) is 0 Å². The lowest BCUT2D eigenvalue weighted by atomic mass is 9.65. The van der Waals surface area contributed by atoms with Crippen molar-refractivity contribution in [3.05, 3.63) is 0 Å². The summed E-state index contributed by atoms with van der Waals surface area (Å²) in [6.07, 6.45) is 5.89. The standard InChI is InChI=1S/C14H27N/c1-5-15-9-12-8-14(12)7-11(2)6-13(3,4)10-14/h11-12,15H,5-10H2,1-4H3. The van der Waals surface area contributed by atoms with Gasteiger partial charge < -0.3 is 5.32 Å². The molecule has 0 heterocycles. The summed E-state index contributed by atoms with van der Waals surface area (Å²) >= 11 is 0. The Labute approximate surface area is 95.0 Å². The topological polar surface area (TPSA) is 12.0 Å². The molecular weight excluding hydrogens is 182 g/mol. The first-order chi connectivity index (χ1) is 6.97. The lowest BCUT2D eigenvalue weighted by Gasteiger charge is -2.40. The first-order valence-electron chi connectivity index (χ1n) is 6.68. The minimum absolute atomic E-state index is 0.596. The van der Waals surface area contributed by atoms with E-state index >= 15 is 0 Å². The maximum atomic E-state index is 3.52. The van der Waals surface area contributed by atoms with Gasteiger partial charge in [0.25, 0.3) is 0 Å². The third kappa shape index (κ3) is 2.38. The van der Waals surface area contributed by atoms with Crippen LogP contribution in [0.1, 0.15) is 53.4 Å². The van der Waals surface area contributed by atoms with Crippen molar-refractivity contribution in [2.45, 2.75) is 53.4 Å². The molecule has 2 aliphatic carbocycles. The first-order valence-corrected chi connectivity index (χ1v) is 6.68. The fraction of sp³-hybridized carbons (Fsp3) is 1.00. The van der Waals surface area contributed by atoms with E-state index in [2.05, 4.69) is 33.0 Å². The van der Waals surface area contributed by atoms with E-state index < -0.39 is 0 Å². The van der Waals surface area contributed by atoms with Crippen LogP contribution in [-0.2, 0) is 0 Å². The van der Waals surface area contributed by atoms with Crippen LogP contribution in [0.25, 0.3) is 0 Å². The summed E-state index contributed by atoms with van der Waals surface area (Å²) in [5.41, 5.74) is 1.34. The molecule has 2 saturated carbocycles. The molecule has 1 spiro atoms. The Morgan fingerprint density at radius 1 is 1.20 bits per heavy atom. The minimum atomic E-state index is 0.596. The van der Waals surface area contributed by atoms with Crippen molar-refractivity contribution in [3.63, 3.8) is 0 Å². The highest BCUT2D eigenvalue weighted by atomic mass is 14.9. The molecule has 0 aromatic carbocycles. The molecule has 1 nitrogen and oxygen atoms in total. The Bertz CT molecular complexity index is 233. The predicted octanol–water partition coefficient (Wildman–Crippen LogP) is 3.45. The highest BCUT2D eigenvalue weighted by Gasteiger charge is 2.57. The molecule has 88 valence electrons. The SMILES string of the molecule is CCNCC1CC12CC(C)CC(C)(C)C2. The summed E-state index contributed by atoms with van der Waals surface area (Å²) in [6.45, 7) is 12.0. The van der Waals surface area contributed by atoms with Crippen molar-refractivity contribution in [1.29, 1.82) is 0 Å². The predicted molar refractivity (Wildman–Crippen MR) is 65.9 cm³/mol. The zero-order chi connectivity index (χ0) is 11.1. The summed E-state index contributed by atoms with van der Waals surface area (Å²) in [6, 6.07) is 0. The van der Waals surface area contributed by atoms with E-state index in [4.69, 9.17) is 0 Å². The van der Waals surface area contributed by atoms with E-state index in [1.165, 1.54) is 32.2 Å². The van der Waals surface area contributed by atoms with E-state index in [0.29, 0.717) is 5.41 Å². The molecule has 0 aromatic rings. The Balaban J connectivity index is 1.93. The smallest absolute Gasteiger partial charge is 0.00151 e. The van der Waals surface area contributed by atoms with E-state index in [1.54, 1.807) is 0 Å². The molecule has 2 rings (SSSR count). The van der Waals surface area contributed by atoms with Gasteiger partial charge in [0.1, 0.15) is 0 Å². The van der Waals surface area contributed by atoms with Crippen LogP contribution < -0.4 is 5.32 Å². The first kappa shape index (κ1) is 11.4. The molecule has 0 bridgehead atoms. The third-order valence-corrected chi connectivity index (χ3v) is 4.49. The number of nitrogens with one attached hydrogen (secondary N) is 1. The van der Waals surface area contributed by atoms with E-state index in [-0.39, 0.29) is 0 Å². The highest BCUT2D eigenvalue weighted by molar-refractivity contribution is 5.08. The van der Waals surface area contributed by atoms with Gasteiger partial charge in [0, 0.05) is 0 Å². The van der Waals surface area contributed by atoms with Crippen LogP contribution in [0.3, 0.4) is 0 Å². The number of hydrogen-bond acceptors (Lipinski definition) is 1. The van der Waals surface area contributed by atoms with Crippen molar-refractivity contribution in [2.75, 3.05) is 13.1 Å². The normalized spacial score (nSPS) is 43.2. The van der Waals surface area contributed by atoms with Gasteiger partial charge in [-0.05, 0) is 61.4 Å². The van der Waals surface area contributed by atoms with Gasteiger partial charge in [0.2, 0.25) is 0 Å². The van der Waals surface area contributed by atoms with Crippen molar-refractivity contribution < 1.29 is 0 Å². The molecular formula is C14H27N. The van der Waals surface area contributed by atoms with Gasteiger partial charge in [0.15, 0.2) is 0 Å². The molecule has 0 aromatic heterocycles. The summed E-state index contributed by atoms with van der Waals surface area (Å²) in [7, 11) is 0. The van der Waals surface area contributed by atoms with Crippen LogP contribution in [0.4, 0.5) is 0 Å². The molecule has 3 unspecified atom stereocenters. The van der Waals surface area contributed by atoms with E-state index in [1.807, 2.05) is 0 Å². The third-order valence-electron chi connectivity index (χ3n) is 4.49. The Morgan fingerprint density at radius 2 is 1.93 bits per heavy atom. The van der Waals surface area contributed by atoms with Gasteiger partial charge in [-0.1, -0.05) is 27.7 Å². The second-order valence-electron chi connectivity index (χ2n) is 6.93. The van der Waals surface area contributed by atoms with Gasteiger partial charge in [-0.2, -0.15) is 0 Å². The maximum absolute atomic E-state index is 3.52. The average molecular weight is 209 g/mol. The fourth-order valence-electron chi connectivity index (χ4n) is 4.31. The van der Waals surface area contributed by atoms with Crippen LogP contribution in [0.2, 0.25) is 0 Å². The highest BCUT2D eigenvalue weighted by Crippen LogP contribution is 2.65. The molecule has 0 aliphatic heterocycles. The fourth-order valence-corrected chi connectivity index (χ4v) is 4.31. The van der Waals surface area contributed by atoms with Crippen molar-refractivity contribution in [3.8, 4) is 0 Å². The Hall–Kier alpha value is -0.0400. The summed E-state index contributed by atoms with van der Waals surface area (Å²) in [4.78, 5) is 0. The van der Waals surface area contributed by atoms with Crippen molar-refractivity contribution in [2.24, 2.45) is 22.7 Å². The molecule has 0 amide bonds. The average Bonchev–Trinajstić information content (AvgIpc) is 2.70. The van der Waals surface area contributed by atoms with Crippen LogP contribution in [0.15, 0.2) is 0 Å². The van der Waals surface area contributed by atoms with Crippen LogP contribution in [0, 0.1) is 22.7 Å². The zero-order valence-corrected chi connectivity index (χ0v) is 10.9. The second-order valence-corrected chi connectivity index (χ2v) is 6.93. The van der Waals surface area contributed by atoms with Crippen molar-refractivity contribution in [1.82, 2.24) is 5.32 Å². The maximum Gasteiger partial charge on any atom is -0.00151 e. The minimum Gasteiger partial charge on any atom is -0.317 e. The second kappa shape index (κ2) is 3.76. The van der Waals surface area contributed by atoms with Gasteiger partial charge >= 0.3 is 0 Å². The molecule has 2 fully saturated rings. The summed E-state index contributed by atoms with van der Waals surface area (Å²) in [5.74, 6) is 1.93. The Morgan fingerprint density at radius 3 is 2.53 bits per heavy atom. The molecule has 2 aliphatic rings. The molecule has 0 saturated heterocycles. The largest absolute Gasteiger partial charge is 0.317 e. The lowest BCUT2D eigenvalue weighted by Crippen LogP contribution is -2.31. The van der Waals surface area contributed by atoms with Crippen LogP contribution in [-0.4, -0.2) is 13.1 Å².